The molecule has 0 bridgehead atoms. The van der Waals surface area contributed by atoms with Gasteiger partial charge in [0.25, 0.3) is 0 Å². The average Bonchev–Trinajstić information content (AvgIpc) is 3.71. The zero-order valence-corrected chi connectivity index (χ0v) is 26.6. The van der Waals surface area contributed by atoms with Crippen LogP contribution < -0.4 is 4.90 Å². The first-order chi connectivity index (χ1) is 19.1. The van der Waals surface area contributed by atoms with Crippen LogP contribution in [0.15, 0.2) is 69.9 Å². The predicted octanol–water partition coefficient (Wildman–Crippen LogP) is 8.91. The Bertz CT molecular complexity index is 1620. The van der Waals surface area contributed by atoms with Gasteiger partial charge in [-0.3, -0.25) is 0 Å². The van der Waals surface area contributed by atoms with Crippen LogP contribution >= 0.6 is 15.9 Å². The highest BCUT2D eigenvalue weighted by Crippen LogP contribution is 2.49. The largest absolute Gasteiger partial charge is 0.347 e. The summed E-state index contributed by atoms with van der Waals surface area (Å²) < 4.78 is 3.70. The van der Waals surface area contributed by atoms with Crippen LogP contribution in [0.4, 0.5) is 11.4 Å². The Labute approximate surface area is 249 Å². The summed E-state index contributed by atoms with van der Waals surface area (Å²) in [5, 5.41) is 0. The van der Waals surface area contributed by atoms with E-state index >= 15 is 0 Å². The molecule has 0 saturated carbocycles. The van der Waals surface area contributed by atoms with Crippen molar-refractivity contribution in [2.45, 2.75) is 89.9 Å². The van der Waals surface area contributed by atoms with Crippen molar-refractivity contribution >= 4 is 33.0 Å². The SMILES string of the molecule is CN1/C(=C\C=C2/CCC(/C=C/C3=[N+](C)c4cc5c(cc4C3(C)C)CCC5)=C2Br)C(C)(C)c2cc3c(cc21)CCC3. The second-order valence-electron chi connectivity index (χ2n) is 13.7. The van der Waals surface area contributed by atoms with Gasteiger partial charge in [-0.2, -0.15) is 4.58 Å². The number of fused-ring (bicyclic) bond motifs is 4. The van der Waals surface area contributed by atoms with E-state index in [9.17, 15) is 0 Å². The number of hydrogen-bond donors (Lipinski definition) is 0. The summed E-state index contributed by atoms with van der Waals surface area (Å²) in [6.45, 7) is 9.55. The molecule has 0 radical (unpaired) electrons. The van der Waals surface area contributed by atoms with E-state index in [4.69, 9.17) is 0 Å². The van der Waals surface area contributed by atoms with Gasteiger partial charge in [0.1, 0.15) is 7.05 Å². The number of hydrogen-bond acceptors (Lipinski definition) is 1. The maximum Gasteiger partial charge on any atom is 0.209 e. The maximum absolute atomic E-state index is 4.00. The summed E-state index contributed by atoms with van der Waals surface area (Å²) in [6.07, 6.45) is 19.2. The van der Waals surface area contributed by atoms with E-state index < -0.39 is 0 Å². The highest BCUT2D eigenvalue weighted by Gasteiger charge is 2.44. The molecule has 0 unspecified atom stereocenters. The molecule has 0 amide bonds. The first-order valence-corrected chi connectivity index (χ1v) is 16.0. The van der Waals surface area contributed by atoms with Gasteiger partial charge in [0.15, 0.2) is 5.71 Å². The van der Waals surface area contributed by atoms with Crippen molar-refractivity contribution in [3.63, 3.8) is 0 Å². The number of nitrogens with zero attached hydrogens (tertiary/aromatic N) is 2. The molecule has 7 rings (SSSR count). The minimum absolute atomic E-state index is 0.0147. The third kappa shape index (κ3) is 3.83. The van der Waals surface area contributed by atoms with Crippen molar-refractivity contribution in [3.8, 4) is 0 Å². The molecule has 206 valence electrons. The fourth-order valence-corrected chi connectivity index (χ4v) is 8.82. The number of likely N-dealkylation sites (N-methyl/N-ethyl adjacent to an activating group) is 1. The Kier molecular flexibility index (Phi) is 6.03. The molecule has 2 nitrogen and oxygen atoms in total. The maximum atomic E-state index is 4.00. The zero-order valence-electron chi connectivity index (χ0n) is 25.0. The van der Waals surface area contributed by atoms with E-state index in [0.717, 1.165) is 12.8 Å². The zero-order chi connectivity index (χ0) is 28.0. The molecule has 0 atom stereocenters. The van der Waals surface area contributed by atoms with Crippen LogP contribution in [-0.4, -0.2) is 24.4 Å². The Hall–Kier alpha value is -2.65. The van der Waals surface area contributed by atoms with Crippen LogP contribution in [0.25, 0.3) is 0 Å². The van der Waals surface area contributed by atoms with E-state index in [0.29, 0.717) is 0 Å². The highest BCUT2D eigenvalue weighted by atomic mass is 79.9. The Morgan fingerprint density at radius 3 is 2.08 bits per heavy atom. The molecule has 3 aliphatic carbocycles. The molecule has 0 saturated heterocycles. The molecule has 2 heterocycles. The summed E-state index contributed by atoms with van der Waals surface area (Å²) in [4.78, 5) is 2.43. The minimum atomic E-state index is 0.0147. The molecule has 2 aliphatic heterocycles. The van der Waals surface area contributed by atoms with E-state index in [1.165, 1.54) is 88.1 Å². The fourth-order valence-electron chi connectivity index (χ4n) is 8.16. The van der Waals surface area contributed by atoms with Crippen LogP contribution in [0.5, 0.6) is 0 Å². The molecule has 3 heteroatoms. The van der Waals surface area contributed by atoms with Crippen molar-refractivity contribution in [1.82, 2.24) is 0 Å². The molecular weight excluding hydrogens is 552 g/mol. The van der Waals surface area contributed by atoms with Crippen LogP contribution in [0.2, 0.25) is 0 Å². The Morgan fingerprint density at radius 1 is 0.750 bits per heavy atom. The van der Waals surface area contributed by atoms with Gasteiger partial charge < -0.3 is 4.90 Å². The van der Waals surface area contributed by atoms with Gasteiger partial charge in [-0.05, 0) is 122 Å². The minimum Gasteiger partial charge on any atom is -0.347 e. The Morgan fingerprint density at radius 2 is 1.38 bits per heavy atom. The number of allylic oxidation sites excluding steroid dienone is 8. The van der Waals surface area contributed by atoms with Crippen LogP contribution in [0.1, 0.15) is 86.8 Å². The summed E-state index contributed by atoms with van der Waals surface area (Å²) in [5.74, 6) is 0. The lowest BCUT2D eigenvalue weighted by Crippen LogP contribution is -2.26. The first kappa shape index (κ1) is 26.3. The summed E-state index contributed by atoms with van der Waals surface area (Å²) in [5.41, 5.74) is 17.6. The molecule has 0 fully saturated rings. The molecule has 40 heavy (non-hydrogen) atoms. The summed E-state index contributed by atoms with van der Waals surface area (Å²) >= 11 is 4.00. The van der Waals surface area contributed by atoms with Crippen molar-refractivity contribution in [3.05, 3.63) is 103 Å². The van der Waals surface area contributed by atoms with Gasteiger partial charge in [-0.15, -0.1) is 0 Å². The van der Waals surface area contributed by atoms with E-state index in [-0.39, 0.29) is 10.8 Å². The number of aryl methyl sites for hydroxylation is 4. The fraction of sp³-hybridized carbons (Fsp3) is 0.432. The number of halogens is 1. The predicted molar refractivity (Wildman–Crippen MR) is 173 cm³/mol. The van der Waals surface area contributed by atoms with Gasteiger partial charge in [-0.25, -0.2) is 0 Å². The lowest BCUT2D eigenvalue weighted by Gasteiger charge is -2.24. The van der Waals surface area contributed by atoms with E-state index in [1.54, 1.807) is 22.3 Å². The van der Waals surface area contributed by atoms with Crippen molar-refractivity contribution in [1.29, 1.82) is 0 Å². The number of benzene rings is 2. The molecule has 0 spiro atoms. The summed E-state index contributed by atoms with van der Waals surface area (Å²) in [7, 11) is 4.49. The van der Waals surface area contributed by atoms with Crippen molar-refractivity contribution in [2.75, 3.05) is 19.0 Å². The van der Waals surface area contributed by atoms with Gasteiger partial charge in [0.2, 0.25) is 5.69 Å². The van der Waals surface area contributed by atoms with E-state index in [2.05, 4.69) is 116 Å². The lowest BCUT2D eigenvalue weighted by atomic mass is 9.80. The third-order valence-corrected chi connectivity index (χ3v) is 11.6. The quantitative estimate of drug-likeness (QED) is 0.322. The standard InChI is InChI=1S/C37H42BrN2/c1-36(2)29-19-25-9-7-11-27(25)21-31(29)39(5)33(36)17-15-23-13-14-24(35(23)38)16-18-34-37(3,4)30-20-26-10-8-12-28(26)22-32(30)40(34)6/h15-22H,7-14H2,1-6H3/q+1. The van der Waals surface area contributed by atoms with Crippen LogP contribution in [-0.2, 0) is 36.5 Å². The van der Waals surface area contributed by atoms with Crippen LogP contribution in [0.3, 0.4) is 0 Å². The molecule has 5 aliphatic rings. The summed E-state index contributed by atoms with van der Waals surface area (Å²) in [6, 6.07) is 9.93. The van der Waals surface area contributed by atoms with Crippen molar-refractivity contribution in [2.24, 2.45) is 0 Å². The van der Waals surface area contributed by atoms with Crippen LogP contribution in [0, 0.1) is 0 Å². The highest BCUT2D eigenvalue weighted by molar-refractivity contribution is 9.12. The normalized spacial score (nSPS) is 24.2. The van der Waals surface area contributed by atoms with Gasteiger partial charge in [-0.1, -0.05) is 48.0 Å². The number of rotatable bonds is 3. The van der Waals surface area contributed by atoms with Crippen molar-refractivity contribution < 1.29 is 4.58 Å². The Balaban J connectivity index is 1.16. The average molecular weight is 595 g/mol. The smallest absolute Gasteiger partial charge is 0.209 e. The third-order valence-electron chi connectivity index (χ3n) is 10.6. The second-order valence-corrected chi connectivity index (χ2v) is 14.4. The molecule has 2 aromatic carbocycles. The molecule has 2 aromatic rings. The number of anilines is 1. The molecule has 0 N–H and O–H groups in total. The van der Waals surface area contributed by atoms with Gasteiger partial charge in [0.05, 0.1) is 5.41 Å². The molecule has 0 aromatic heterocycles. The van der Waals surface area contributed by atoms with E-state index in [1.807, 2.05) is 0 Å². The van der Waals surface area contributed by atoms with Gasteiger partial charge >= 0.3 is 0 Å². The lowest BCUT2D eigenvalue weighted by molar-refractivity contribution is -0.401. The second kappa shape index (κ2) is 9.18. The first-order valence-electron chi connectivity index (χ1n) is 15.2. The monoisotopic (exact) mass is 593 g/mol. The topological polar surface area (TPSA) is 6.25 Å². The van der Waals surface area contributed by atoms with Gasteiger partial charge in [0, 0.05) is 46.0 Å². The molecular formula is C37H42BrN2+.